The van der Waals surface area contributed by atoms with Crippen molar-refractivity contribution >= 4 is 11.8 Å². The number of carbonyl (C=O) groups is 2. The Balaban J connectivity index is 1.81. The van der Waals surface area contributed by atoms with Crippen molar-refractivity contribution in [1.29, 1.82) is 0 Å². The van der Waals surface area contributed by atoms with Crippen LogP contribution in [-0.4, -0.2) is 35.5 Å². The van der Waals surface area contributed by atoms with Crippen molar-refractivity contribution in [2.45, 2.75) is 44.8 Å². The van der Waals surface area contributed by atoms with Crippen LogP contribution in [0.5, 0.6) is 0 Å². The third-order valence-electron chi connectivity index (χ3n) is 4.11. The zero-order valence-corrected chi connectivity index (χ0v) is 9.52. The van der Waals surface area contributed by atoms with Crippen LogP contribution in [0.25, 0.3) is 0 Å². The molecule has 0 saturated carbocycles. The van der Waals surface area contributed by atoms with Gasteiger partial charge in [0.2, 0.25) is 11.8 Å². The van der Waals surface area contributed by atoms with Crippen molar-refractivity contribution in [3.05, 3.63) is 0 Å². The lowest BCUT2D eigenvalue weighted by Gasteiger charge is -2.16. The van der Waals surface area contributed by atoms with Crippen LogP contribution in [0.4, 0.5) is 0 Å². The largest absolute Gasteiger partial charge is 0.373 e. The number of ether oxygens (including phenoxy) is 1. The number of imide groups is 1. The molecule has 0 radical (unpaired) electrons. The average molecular weight is 223 g/mol. The highest BCUT2D eigenvalue weighted by atomic mass is 16.5. The lowest BCUT2D eigenvalue weighted by Crippen LogP contribution is -2.34. The predicted octanol–water partition coefficient (Wildman–Crippen LogP) is 0.949. The number of nitrogens with zero attached hydrogens (tertiary/aromatic N) is 1. The molecule has 4 heteroatoms. The summed E-state index contributed by atoms with van der Waals surface area (Å²) in [5.74, 6) is -0.252. The molecule has 0 N–H and O–H groups in total. The summed E-state index contributed by atoms with van der Waals surface area (Å²) in [7, 11) is 0. The normalized spacial score (nSPS) is 40.9. The summed E-state index contributed by atoms with van der Waals surface area (Å²) in [6.45, 7) is 2.67. The SMILES string of the molecule is CCCCN1C(=O)C2C(C1=O)[C@H]1CC[C@@H]2O1. The Hall–Kier alpha value is -0.900. The van der Waals surface area contributed by atoms with Crippen molar-refractivity contribution in [3.8, 4) is 0 Å². The first kappa shape index (κ1) is 10.3. The van der Waals surface area contributed by atoms with Gasteiger partial charge >= 0.3 is 0 Å². The Morgan fingerprint density at radius 1 is 1.19 bits per heavy atom. The van der Waals surface area contributed by atoms with Gasteiger partial charge in [0, 0.05) is 6.54 Å². The van der Waals surface area contributed by atoms with E-state index in [1.165, 1.54) is 4.90 Å². The first-order valence-corrected chi connectivity index (χ1v) is 6.24. The Labute approximate surface area is 94.9 Å². The molecule has 2 bridgehead atoms. The summed E-state index contributed by atoms with van der Waals surface area (Å²) in [6, 6.07) is 0. The number of likely N-dealkylation sites (tertiary alicyclic amines) is 1. The summed E-state index contributed by atoms with van der Waals surface area (Å²) in [5.41, 5.74) is 0. The molecule has 0 aromatic heterocycles. The van der Waals surface area contributed by atoms with Crippen molar-refractivity contribution in [2.75, 3.05) is 6.54 Å². The maximum atomic E-state index is 12.1. The molecule has 16 heavy (non-hydrogen) atoms. The van der Waals surface area contributed by atoms with E-state index in [-0.39, 0.29) is 35.9 Å². The maximum absolute atomic E-state index is 12.1. The molecule has 4 nitrogen and oxygen atoms in total. The molecule has 2 unspecified atom stereocenters. The molecule has 4 atom stereocenters. The zero-order chi connectivity index (χ0) is 11.3. The van der Waals surface area contributed by atoms with Gasteiger partial charge in [-0.15, -0.1) is 0 Å². The fourth-order valence-corrected chi connectivity index (χ4v) is 3.31. The van der Waals surface area contributed by atoms with E-state index in [0.29, 0.717) is 6.54 Å². The molecule has 0 aromatic rings. The van der Waals surface area contributed by atoms with E-state index in [4.69, 9.17) is 4.74 Å². The maximum Gasteiger partial charge on any atom is 0.235 e. The fourth-order valence-electron chi connectivity index (χ4n) is 3.31. The number of amides is 2. The minimum absolute atomic E-state index is 0.0238. The van der Waals surface area contributed by atoms with Crippen LogP contribution in [0.1, 0.15) is 32.6 Å². The molecule has 3 aliphatic heterocycles. The highest BCUT2D eigenvalue weighted by Crippen LogP contribution is 2.48. The van der Waals surface area contributed by atoms with Gasteiger partial charge in [-0.05, 0) is 19.3 Å². The van der Waals surface area contributed by atoms with Gasteiger partial charge in [0.25, 0.3) is 0 Å². The number of unbranched alkanes of at least 4 members (excludes halogenated alkanes) is 1. The number of hydrogen-bond donors (Lipinski definition) is 0. The topological polar surface area (TPSA) is 46.6 Å². The lowest BCUT2D eigenvalue weighted by atomic mass is 9.81. The van der Waals surface area contributed by atoms with Crippen LogP contribution in [-0.2, 0) is 14.3 Å². The van der Waals surface area contributed by atoms with E-state index in [1.807, 2.05) is 0 Å². The lowest BCUT2D eigenvalue weighted by molar-refractivity contribution is -0.142. The third kappa shape index (κ3) is 1.19. The van der Waals surface area contributed by atoms with Crippen LogP contribution in [0.2, 0.25) is 0 Å². The number of rotatable bonds is 3. The smallest absolute Gasteiger partial charge is 0.235 e. The number of fused-ring (bicyclic) bond motifs is 5. The predicted molar refractivity (Wildman–Crippen MR) is 56.5 cm³/mol. The van der Waals surface area contributed by atoms with Crippen molar-refractivity contribution in [3.63, 3.8) is 0 Å². The fraction of sp³-hybridized carbons (Fsp3) is 0.833. The highest BCUT2D eigenvalue weighted by molar-refractivity contribution is 6.06. The number of hydrogen-bond acceptors (Lipinski definition) is 3. The molecule has 0 spiro atoms. The van der Waals surface area contributed by atoms with Gasteiger partial charge in [-0.1, -0.05) is 13.3 Å². The van der Waals surface area contributed by atoms with Crippen LogP contribution in [0, 0.1) is 11.8 Å². The standard InChI is InChI=1S/C12H17NO3/c1-2-3-6-13-11(14)9-7-4-5-8(16-7)10(9)12(13)15/h7-10H,2-6H2,1H3/t7-,8+,9?,10?. The van der Waals surface area contributed by atoms with Crippen LogP contribution < -0.4 is 0 Å². The summed E-state index contributed by atoms with van der Waals surface area (Å²) < 4.78 is 5.66. The van der Waals surface area contributed by atoms with E-state index < -0.39 is 0 Å². The number of carbonyl (C=O) groups excluding carboxylic acids is 2. The molecule has 3 aliphatic rings. The summed E-state index contributed by atoms with van der Waals surface area (Å²) in [6.07, 6.45) is 3.87. The second-order valence-corrected chi connectivity index (χ2v) is 5.02. The van der Waals surface area contributed by atoms with E-state index >= 15 is 0 Å². The minimum Gasteiger partial charge on any atom is -0.373 e. The Morgan fingerprint density at radius 2 is 1.75 bits per heavy atom. The van der Waals surface area contributed by atoms with Gasteiger partial charge in [0.05, 0.1) is 24.0 Å². The third-order valence-corrected chi connectivity index (χ3v) is 4.11. The van der Waals surface area contributed by atoms with Gasteiger partial charge < -0.3 is 4.74 Å². The summed E-state index contributed by atoms with van der Waals surface area (Å²) in [4.78, 5) is 25.7. The van der Waals surface area contributed by atoms with Gasteiger partial charge in [0.1, 0.15) is 0 Å². The van der Waals surface area contributed by atoms with Gasteiger partial charge in [-0.3, -0.25) is 14.5 Å². The van der Waals surface area contributed by atoms with Crippen LogP contribution in [0.15, 0.2) is 0 Å². The second kappa shape index (κ2) is 3.55. The minimum atomic E-state index is -0.150. The highest BCUT2D eigenvalue weighted by Gasteiger charge is 2.61. The van der Waals surface area contributed by atoms with Gasteiger partial charge in [-0.25, -0.2) is 0 Å². The molecule has 88 valence electrons. The van der Waals surface area contributed by atoms with E-state index in [0.717, 1.165) is 25.7 Å². The molecule has 3 rings (SSSR count). The first-order valence-electron chi connectivity index (χ1n) is 6.24. The molecule has 0 aliphatic carbocycles. The molecule has 3 saturated heterocycles. The van der Waals surface area contributed by atoms with E-state index in [1.54, 1.807) is 0 Å². The Morgan fingerprint density at radius 3 is 2.25 bits per heavy atom. The molecular formula is C12H17NO3. The molecule has 3 fully saturated rings. The van der Waals surface area contributed by atoms with Crippen molar-refractivity contribution in [1.82, 2.24) is 4.90 Å². The van der Waals surface area contributed by atoms with Crippen molar-refractivity contribution in [2.24, 2.45) is 11.8 Å². The molecule has 3 heterocycles. The molecule has 0 aromatic carbocycles. The van der Waals surface area contributed by atoms with Gasteiger partial charge in [-0.2, -0.15) is 0 Å². The summed E-state index contributed by atoms with van der Waals surface area (Å²) >= 11 is 0. The van der Waals surface area contributed by atoms with Crippen molar-refractivity contribution < 1.29 is 14.3 Å². The quantitative estimate of drug-likeness (QED) is 0.669. The van der Waals surface area contributed by atoms with E-state index in [9.17, 15) is 9.59 Å². The van der Waals surface area contributed by atoms with Gasteiger partial charge in [0.15, 0.2) is 0 Å². The van der Waals surface area contributed by atoms with E-state index in [2.05, 4.69) is 6.92 Å². The van der Waals surface area contributed by atoms with Crippen LogP contribution in [0.3, 0.4) is 0 Å². The Bertz CT molecular complexity index is 313. The van der Waals surface area contributed by atoms with Crippen LogP contribution >= 0.6 is 0 Å². The zero-order valence-electron chi connectivity index (χ0n) is 9.52. The molecular weight excluding hydrogens is 206 g/mol. The molecule has 2 amide bonds. The average Bonchev–Trinajstić information content (AvgIpc) is 2.92. The first-order chi connectivity index (χ1) is 7.74. The Kier molecular flexibility index (Phi) is 2.28. The summed E-state index contributed by atoms with van der Waals surface area (Å²) in [5, 5.41) is 0. The second-order valence-electron chi connectivity index (χ2n) is 5.02. The monoisotopic (exact) mass is 223 g/mol.